The number of hydrogen-bond donors (Lipinski definition) is 0. The van der Waals surface area contributed by atoms with E-state index in [1.165, 1.54) is 16.0 Å². The Hall–Kier alpha value is -1.43. The van der Waals surface area contributed by atoms with Crippen molar-refractivity contribution in [3.05, 3.63) is 35.4 Å². The van der Waals surface area contributed by atoms with Gasteiger partial charge in [0.15, 0.2) is 0 Å². The summed E-state index contributed by atoms with van der Waals surface area (Å²) in [5.74, 6) is -0.0263. The minimum absolute atomic E-state index is 0.0193. The fraction of sp³-hybridized carbons (Fsp3) is 0.632. The third kappa shape index (κ3) is 5.89. The predicted molar refractivity (Wildman–Crippen MR) is 94.9 cm³/mol. The van der Waals surface area contributed by atoms with E-state index in [1.807, 2.05) is 0 Å². The summed E-state index contributed by atoms with van der Waals surface area (Å²) in [4.78, 5) is 15.5. The van der Waals surface area contributed by atoms with Crippen LogP contribution in [0.4, 0.5) is 0 Å². The van der Waals surface area contributed by atoms with Gasteiger partial charge < -0.3 is 14.4 Å². The van der Waals surface area contributed by atoms with Gasteiger partial charge in [-0.15, -0.1) is 0 Å². The van der Waals surface area contributed by atoms with Gasteiger partial charge in [0.25, 0.3) is 0 Å². The molecule has 1 fully saturated rings. The number of carbonyl (C=O) groups excluding carboxylic acids is 1. The highest BCUT2D eigenvalue weighted by Crippen LogP contribution is 2.23. The number of morpholine rings is 1. The average molecular weight is 334 g/mol. The Balaban J connectivity index is 1.89. The molecule has 0 radical (unpaired) electrons. The number of carbonyl (C=O) groups is 1. The van der Waals surface area contributed by atoms with Gasteiger partial charge in [-0.3, -0.25) is 9.69 Å². The Morgan fingerprint density at radius 1 is 1.33 bits per heavy atom. The molecular weight excluding hydrogens is 304 g/mol. The summed E-state index contributed by atoms with van der Waals surface area (Å²) in [5, 5.41) is 0. The van der Waals surface area contributed by atoms with E-state index >= 15 is 0 Å². The molecule has 0 N–H and O–H groups in total. The Morgan fingerprint density at radius 3 is 2.62 bits per heavy atom. The van der Waals surface area contributed by atoms with Gasteiger partial charge in [-0.1, -0.05) is 29.8 Å². The van der Waals surface area contributed by atoms with Gasteiger partial charge in [0.05, 0.1) is 18.3 Å². The Bertz CT molecular complexity index is 540. The molecule has 0 aliphatic carbocycles. The summed E-state index contributed by atoms with van der Waals surface area (Å²) < 4.78 is 11.7. The van der Waals surface area contributed by atoms with Crippen LogP contribution in [-0.4, -0.2) is 67.8 Å². The van der Waals surface area contributed by atoms with E-state index in [-0.39, 0.29) is 24.2 Å². The van der Waals surface area contributed by atoms with Gasteiger partial charge in [0.1, 0.15) is 6.61 Å². The molecule has 24 heavy (non-hydrogen) atoms. The minimum atomic E-state index is -0.220. The molecule has 5 nitrogen and oxygen atoms in total. The predicted octanol–water partition coefficient (Wildman–Crippen LogP) is 2.08. The number of hydrogen-bond acceptors (Lipinski definition) is 4. The number of benzene rings is 1. The second-order valence-electron chi connectivity index (χ2n) is 7.46. The normalized spacial score (nSPS) is 20.8. The molecule has 1 amide bonds. The summed E-state index contributed by atoms with van der Waals surface area (Å²) in [6.07, 6.45) is -0.0193. The van der Waals surface area contributed by atoms with Crippen molar-refractivity contribution in [2.75, 3.05) is 40.4 Å². The zero-order valence-corrected chi connectivity index (χ0v) is 15.5. The number of aryl methyl sites for hydroxylation is 1. The molecule has 2 rings (SSSR count). The first-order valence-corrected chi connectivity index (χ1v) is 8.49. The molecule has 0 saturated carbocycles. The van der Waals surface area contributed by atoms with E-state index in [1.54, 1.807) is 14.1 Å². The minimum Gasteiger partial charge on any atom is -0.369 e. The van der Waals surface area contributed by atoms with E-state index < -0.39 is 0 Å². The van der Waals surface area contributed by atoms with Crippen molar-refractivity contribution in [2.45, 2.75) is 39.0 Å². The third-order valence-corrected chi connectivity index (χ3v) is 4.11. The quantitative estimate of drug-likeness (QED) is 0.799. The molecule has 1 heterocycles. The highest BCUT2D eigenvalue weighted by molar-refractivity contribution is 5.76. The molecule has 134 valence electrons. The Kier molecular flexibility index (Phi) is 6.38. The molecule has 0 spiro atoms. The maximum absolute atomic E-state index is 11.6. The monoisotopic (exact) mass is 334 g/mol. The maximum Gasteiger partial charge on any atom is 0.248 e. The van der Waals surface area contributed by atoms with Crippen molar-refractivity contribution >= 4 is 5.91 Å². The van der Waals surface area contributed by atoms with Crippen LogP contribution in [0.1, 0.15) is 25.0 Å². The largest absolute Gasteiger partial charge is 0.369 e. The zero-order chi connectivity index (χ0) is 17.7. The van der Waals surface area contributed by atoms with Crippen molar-refractivity contribution in [1.82, 2.24) is 9.80 Å². The average Bonchev–Trinajstić information content (AvgIpc) is 2.48. The van der Waals surface area contributed by atoms with Crippen LogP contribution in [0, 0.1) is 6.92 Å². The molecule has 1 aliphatic heterocycles. The van der Waals surface area contributed by atoms with Gasteiger partial charge in [-0.05, 0) is 26.3 Å². The topological polar surface area (TPSA) is 42.0 Å². The van der Waals surface area contributed by atoms with Gasteiger partial charge in [0.2, 0.25) is 5.91 Å². The van der Waals surface area contributed by atoms with Crippen LogP contribution in [0.5, 0.6) is 0 Å². The van der Waals surface area contributed by atoms with Crippen molar-refractivity contribution in [2.24, 2.45) is 0 Å². The van der Waals surface area contributed by atoms with Crippen molar-refractivity contribution < 1.29 is 14.3 Å². The second-order valence-corrected chi connectivity index (χ2v) is 7.46. The fourth-order valence-electron chi connectivity index (χ4n) is 2.98. The molecule has 0 unspecified atom stereocenters. The van der Waals surface area contributed by atoms with Crippen molar-refractivity contribution in [3.8, 4) is 0 Å². The van der Waals surface area contributed by atoms with Crippen molar-refractivity contribution in [3.63, 3.8) is 0 Å². The Labute approximate surface area is 145 Å². The molecular formula is C19H30N2O3. The zero-order valence-electron chi connectivity index (χ0n) is 15.5. The lowest BCUT2D eigenvalue weighted by Gasteiger charge is -2.42. The van der Waals surface area contributed by atoms with E-state index in [2.05, 4.69) is 49.9 Å². The van der Waals surface area contributed by atoms with Gasteiger partial charge in [-0.2, -0.15) is 0 Å². The summed E-state index contributed by atoms with van der Waals surface area (Å²) in [6.45, 7) is 9.45. The molecule has 1 aromatic carbocycles. The lowest BCUT2D eigenvalue weighted by atomic mass is 10.0. The highest BCUT2D eigenvalue weighted by Gasteiger charge is 2.33. The van der Waals surface area contributed by atoms with Crippen LogP contribution in [0.2, 0.25) is 0 Å². The molecule has 1 aromatic rings. The highest BCUT2D eigenvalue weighted by atomic mass is 16.5. The lowest BCUT2D eigenvalue weighted by Crippen LogP contribution is -2.53. The van der Waals surface area contributed by atoms with E-state index in [9.17, 15) is 4.79 Å². The molecule has 1 saturated heterocycles. The van der Waals surface area contributed by atoms with E-state index in [0.717, 1.165) is 19.6 Å². The SMILES string of the molecule is Cc1ccc(CN2C[C@@H](COCC(=O)N(C)C)OC(C)(C)C2)cc1. The number of ether oxygens (including phenoxy) is 2. The van der Waals surface area contributed by atoms with Gasteiger partial charge >= 0.3 is 0 Å². The maximum atomic E-state index is 11.6. The van der Waals surface area contributed by atoms with Gasteiger partial charge in [-0.25, -0.2) is 0 Å². The fourth-order valence-corrected chi connectivity index (χ4v) is 2.98. The number of rotatable bonds is 6. The van der Waals surface area contributed by atoms with Crippen LogP contribution in [0.25, 0.3) is 0 Å². The van der Waals surface area contributed by atoms with Crippen LogP contribution in [-0.2, 0) is 20.8 Å². The summed E-state index contributed by atoms with van der Waals surface area (Å²) >= 11 is 0. The number of nitrogens with zero attached hydrogens (tertiary/aromatic N) is 2. The molecule has 1 aliphatic rings. The standard InChI is InChI=1S/C19H30N2O3/c1-15-6-8-16(9-7-15)10-21-11-17(24-19(2,3)14-21)12-23-13-18(22)20(4)5/h6-9,17H,10-14H2,1-5H3/t17-/m0/s1. The Morgan fingerprint density at radius 2 is 2.00 bits per heavy atom. The summed E-state index contributed by atoms with van der Waals surface area (Å²) in [5.41, 5.74) is 2.36. The van der Waals surface area contributed by atoms with Crippen LogP contribution in [0.15, 0.2) is 24.3 Å². The van der Waals surface area contributed by atoms with E-state index in [4.69, 9.17) is 9.47 Å². The van der Waals surface area contributed by atoms with Crippen molar-refractivity contribution in [1.29, 1.82) is 0 Å². The first-order valence-electron chi connectivity index (χ1n) is 8.49. The molecule has 5 heteroatoms. The summed E-state index contributed by atoms with van der Waals surface area (Å²) in [6, 6.07) is 8.65. The number of likely N-dealkylation sites (N-methyl/N-ethyl adjacent to an activating group) is 1. The lowest BCUT2D eigenvalue weighted by molar-refractivity contribution is -0.161. The van der Waals surface area contributed by atoms with Crippen LogP contribution in [0.3, 0.4) is 0 Å². The van der Waals surface area contributed by atoms with Crippen LogP contribution < -0.4 is 0 Å². The molecule has 1 atom stereocenters. The number of amides is 1. The first-order chi connectivity index (χ1) is 11.2. The smallest absolute Gasteiger partial charge is 0.248 e. The summed E-state index contributed by atoms with van der Waals surface area (Å²) in [7, 11) is 3.46. The third-order valence-electron chi connectivity index (χ3n) is 4.11. The molecule has 0 bridgehead atoms. The molecule has 0 aromatic heterocycles. The van der Waals surface area contributed by atoms with Crippen LogP contribution >= 0.6 is 0 Å². The first kappa shape index (κ1) is 18.9. The second kappa shape index (κ2) is 8.10. The van der Waals surface area contributed by atoms with Gasteiger partial charge in [0, 0.05) is 33.7 Å². The van der Waals surface area contributed by atoms with E-state index in [0.29, 0.717) is 6.61 Å².